The van der Waals surface area contributed by atoms with Gasteiger partial charge >= 0.3 is 0 Å². The lowest BCUT2D eigenvalue weighted by molar-refractivity contribution is -0.127. The Morgan fingerprint density at radius 2 is 1.74 bits per heavy atom. The molecule has 2 unspecified atom stereocenters. The van der Waals surface area contributed by atoms with Gasteiger partial charge in [-0.1, -0.05) is 29.8 Å². The Balaban J connectivity index is 1.43. The van der Waals surface area contributed by atoms with Crippen molar-refractivity contribution in [1.29, 1.82) is 0 Å². The first-order chi connectivity index (χ1) is 11.1. The maximum absolute atomic E-state index is 12.1. The van der Waals surface area contributed by atoms with Crippen LogP contribution in [0.5, 0.6) is 0 Å². The van der Waals surface area contributed by atoms with Crippen LogP contribution in [0.1, 0.15) is 17.7 Å². The van der Waals surface area contributed by atoms with E-state index < -0.39 is 0 Å². The zero-order valence-electron chi connectivity index (χ0n) is 12.4. The molecular formula is C17H17ClN2O3. The maximum Gasteiger partial charge on any atom is 0.224 e. The maximum atomic E-state index is 12.1. The third-order valence-corrected chi connectivity index (χ3v) is 4.26. The van der Waals surface area contributed by atoms with Crippen LogP contribution in [-0.4, -0.2) is 11.8 Å². The smallest absolute Gasteiger partial charge is 0.224 e. The third kappa shape index (κ3) is 3.93. The van der Waals surface area contributed by atoms with Gasteiger partial charge in [0.1, 0.15) is 5.76 Å². The Morgan fingerprint density at radius 1 is 1.04 bits per heavy atom. The molecule has 5 nitrogen and oxygen atoms in total. The van der Waals surface area contributed by atoms with E-state index >= 15 is 0 Å². The molecular weight excluding hydrogens is 316 g/mol. The van der Waals surface area contributed by atoms with Crippen molar-refractivity contribution >= 4 is 23.4 Å². The number of hydrogen-bond donors (Lipinski definition) is 2. The summed E-state index contributed by atoms with van der Waals surface area (Å²) < 4.78 is 5.15. The molecule has 2 atom stereocenters. The molecule has 6 heteroatoms. The second-order valence-electron chi connectivity index (χ2n) is 5.56. The van der Waals surface area contributed by atoms with Gasteiger partial charge in [0, 0.05) is 11.6 Å². The van der Waals surface area contributed by atoms with E-state index in [1.807, 2.05) is 18.2 Å². The predicted octanol–water partition coefficient (Wildman–Crippen LogP) is 2.50. The highest BCUT2D eigenvalue weighted by Gasteiger charge is 2.47. The molecule has 1 aliphatic carbocycles. The van der Waals surface area contributed by atoms with Crippen molar-refractivity contribution in [2.24, 2.45) is 11.8 Å². The van der Waals surface area contributed by atoms with E-state index in [1.54, 1.807) is 24.5 Å². The van der Waals surface area contributed by atoms with Crippen LogP contribution in [0, 0.1) is 11.8 Å². The molecule has 1 aliphatic rings. The largest absolute Gasteiger partial charge is 0.467 e. The van der Waals surface area contributed by atoms with Crippen LogP contribution in [0.2, 0.25) is 5.02 Å². The lowest BCUT2D eigenvalue weighted by atomic mass is 10.2. The Bertz CT molecular complexity index is 700. The fourth-order valence-electron chi connectivity index (χ4n) is 2.45. The first kappa shape index (κ1) is 15.6. The van der Waals surface area contributed by atoms with Crippen LogP contribution in [0.25, 0.3) is 0 Å². The molecule has 2 amide bonds. The number of nitrogens with one attached hydrogen (secondary N) is 2. The zero-order valence-corrected chi connectivity index (χ0v) is 13.2. The fraction of sp³-hybridized carbons (Fsp3) is 0.294. The Kier molecular flexibility index (Phi) is 4.67. The first-order valence-electron chi connectivity index (χ1n) is 7.46. The van der Waals surface area contributed by atoms with Crippen LogP contribution in [-0.2, 0) is 22.7 Å². The summed E-state index contributed by atoms with van der Waals surface area (Å²) in [7, 11) is 0. The van der Waals surface area contributed by atoms with Gasteiger partial charge in [-0.3, -0.25) is 9.59 Å². The second kappa shape index (κ2) is 6.87. The van der Waals surface area contributed by atoms with Crippen LogP contribution in [0.15, 0.2) is 47.1 Å². The highest BCUT2D eigenvalue weighted by Crippen LogP contribution is 2.38. The number of carbonyl (C=O) groups is 2. The molecule has 0 bridgehead atoms. The van der Waals surface area contributed by atoms with E-state index in [2.05, 4.69) is 10.6 Å². The summed E-state index contributed by atoms with van der Waals surface area (Å²) in [6.45, 7) is 0.714. The van der Waals surface area contributed by atoms with Crippen molar-refractivity contribution in [2.45, 2.75) is 19.5 Å². The van der Waals surface area contributed by atoms with Crippen LogP contribution < -0.4 is 10.6 Å². The number of furan rings is 1. The minimum Gasteiger partial charge on any atom is -0.467 e. The highest BCUT2D eigenvalue weighted by atomic mass is 35.5. The zero-order chi connectivity index (χ0) is 16.2. The standard InChI is InChI=1S/C17H17ClN2O3/c18-15-6-2-1-4-11(15)9-19-16(21)13-8-14(13)17(22)20-10-12-5-3-7-23-12/h1-7,13-14H,8-10H2,(H,19,21)(H,20,22). The molecule has 1 saturated carbocycles. The van der Waals surface area contributed by atoms with Gasteiger partial charge in [0.15, 0.2) is 0 Å². The summed E-state index contributed by atoms with van der Waals surface area (Å²) in [6.07, 6.45) is 2.14. The number of halogens is 1. The van der Waals surface area contributed by atoms with Gasteiger partial charge in [-0.15, -0.1) is 0 Å². The number of carbonyl (C=O) groups excluding carboxylic acids is 2. The van der Waals surface area contributed by atoms with Crippen LogP contribution in [0.3, 0.4) is 0 Å². The molecule has 23 heavy (non-hydrogen) atoms. The van der Waals surface area contributed by atoms with E-state index in [0.29, 0.717) is 30.3 Å². The van der Waals surface area contributed by atoms with Crippen molar-refractivity contribution in [3.05, 3.63) is 59.0 Å². The molecule has 2 N–H and O–H groups in total. The number of rotatable bonds is 6. The van der Waals surface area contributed by atoms with Crippen molar-refractivity contribution in [3.8, 4) is 0 Å². The number of amides is 2. The molecule has 3 rings (SSSR count). The lowest BCUT2D eigenvalue weighted by Gasteiger charge is -2.07. The van der Waals surface area contributed by atoms with E-state index in [-0.39, 0.29) is 23.7 Å². The highest BCUT2D eigenvalue weighted by molar-refractivity contribution is 6.31. The summed E-state index contributed by atoms with van der Waals surface area (Å²) in [5.74, 6) is -0.0358. The predicted molar refractivity (Wildman–Crippen MR) is 85.5 cm³/mol. The molecule has 1 fully saturated rings. The van der Waals surface area contributed by atoms with E-state index in [0.717, 1.165) is 5.56 Å². The average molecular weight is 333 g/mol. The SMILES string of the molecule is O=C(NCc1ccco1)C1CC1C(=O)NCc1ccccc1Cl. The molecule has 0 aliphatic heterocycles. The van der Waals surface area contributed by atoms with Crippen molar-refractivity contribution in [2.75, 3.05) is 0 Å². The molecule has 1 aromatic carbocycles. The Labute approximate surface area is 139 Å². The van der Waals surface area contributed by atoms with Gasteiger partial charge in [0.05, 0.1) is 24.6 Å². The van der Waals surface area contributed by atoms with Gasteiger partial charge in [-0.25, -0.2) is 0 Å². The van der Waals surface area contributed by atoms with Gasteiger partial charge in [-0.05, 0) is 30.2 Å². The van der Waals surface area contributed by atoms with Gasteiger partial charge in [0.25, 0.3) is 0 Å². The van der Waals surface area contributed by atoms with Crippen LogP contribution >= 0.6 is 11.6 Å². The van der Waals surface area contributed by atoms with Crippen molar-refractivity contribution in [3.63, 3.8) is 0 Å². The normalized spacial score (nSPS) is 19.2. The summed E-state index contributed by atoms with van der Waals surface area (Å²) >= 11 is 6.05. The molecule has 0 spiro atoms. The molecule has 2 aromatic rings. The Hall–Kier alpha value is -2.27. The van der Waals surface area contributed by atoms with Gasteiger partial charge in [-0.2, -0.15) is 0 Å². The van der Waals surface area contributed by atoms with E-state index in [4.69, 9.17) is 16.0 Å². The fourth-order valence-corrected chi connectivity index (χ4v) is 2.65. The van der Waals surface area contributed by atoms with Crippen LogP contribution in [0.4, 0.5) is 0 Å². The van der Waals surface area contributed by atoms with Crippen molar-refractivity contribution < 1.29 is 14.0 Å². The molecule has 0 saturated heterocycles. The Morgan fingerprint density at radius 3 is 2.39 bits per heavy atom. The molecule has 120 valence electrons. The van der Waals surface area contributed by atoms with Crippen molar-refractivity contribution in [1.82, 2.24) is 10.6 Å². The summed E-state index contributed by atoms with van der Waals surface area (Å²) in [6, 6.07) is 10.9. The topological polar surface area (TPSA) is 71.3 Å². The monoisotopic (exact) mass is 332 g/mol. The minimum atomic E-state index is -0.255. The lowest BCUT2D eigenvalue weighted by Crippen LogP contribution is -2.29. The summed E-state index contributed by atoms with van der Waals surface area (Å²) in [5.41, 5.74) is 0.863. The second-order valence-corrected chi connectivity index (χ2v) is 5.96. The quantitative estimate of drug-likeness (QED) is 0.853. The number of benzene rings is 1. The number of hydrogen-bond acceptors (Lipinski definition) is 3. The third-order valence-electron chi connectivity index (χ3n) is 3.89. The molecule has 0 radical (unpaired) electrons. The van der Waals surface area contributed by atoms with E-state index in [1.165, 1.54) is 0 Å². The summed E-state index contributed by atoms with van der Waals surface area (Å²) in [5, 5.41) is 6.24. The first-order valence-corrected chi connectivity index (χ1v) is 7.84. The molecule has 1 heterocycles. The minimum absolute atomic E-state index is 0.108. The van der Waals surface area contributed by atoms with E-state index in [9.17, 15) is 9.59 Å². The average Bonchev–Trinajstić information content (AvgIpc) is 3.19. The summed E-state index contributed by atoms with van der Waals surface area (Å²) in [4.78, 5) is 24.1. The van der Waals surface area contributed by atoms with Gasteiger partial charge < -0.3 is 15.1 Å². The van der Waals surface area contributed by atoms with Gasteiger partial charge in [0.2, 0.25) is 11.8 Å². The molecule has 1 aromatic heterocycles.